The first-order valence-corrected chi connectivity index (χ1v) is 12.1. The fraction of sp³-hybridized carbons (Fsp3) is 0.276. The molecule has 0 aromatic heterocycles. The summed E-state index contributed by atoms with van der Waals surface area (Å²) in [5.74, 6) is -6.44. The molecule has 4 rings (SSSR count). The monoisotopic (exact) mass is 517 g/mol. The van der Waals surface area contributed by atoms with Gasteiger partial charge in [0.05, 0.1) is 16.4 Å². The van der Waals surface area contributed by atoms with Gasteiger partial charge >= 0.3 is 11.9 Å². The van der Waals surface area contributed by atoms with Crippen molar-refractivity contribution < 1.29 is 33.9 Å². The molecule has 0 bridgehead atoms. The Morgan fingerprint density at radius 2 is 1.47 bits per heavy atom. The van der Waals surface area contributed by atoms with Crippen LogP contribution in [0.25, 0.3) is 0 Å². The summed E-state index contributed by atoms with van der Waals surface area (Å²) in [7, 11) is 0. The maximum absolute atomic E-state index is 13.5. The molecular weight excluding hydrogens is 490 g/mol. The van der Waals surface area contributed by atoms with Gasteiger partial charge < -0.3 is 14.6 Å². The first-order valence-electron chi connectivity index (χ1n) is 12.1. The van der Waals surface area contributed by atoms with E-state index >= 15 is 0 Å². The van der Waals surface area contributed by atoms with E-state index < -0.39 is 52.4 Å². The molecule has 1 N–H and O–H groups in total. The Morgan fingerprint density at radius 3 is 2.03 bits per heavy atom. The molecule has 3 aromatic rings. The number of hydrogen-bond donors (Lipinski definition) is 1. The number of aliphatic hydroxyl groups is 1. The van der Waals surface area contributed by atoms with Gasteiger partial charge in [-0.1, -0.05) is 72.8 Å². The minimum absolute atomic E-state index is 0.0923. The number of nitro groups is 1. The molecule has 0 aliphatic heterocycles. The van der Waals surface area contributed by atoms with E-state index in [1.807, 2.05) is 12.1 Å². The number of Topliss-reactive ketones (excluding diaryl/α,β-unsaturated/α-hetero) is 1. The molecule has 1 saturated carbocycles. The molecule has 3 aromatic carbocycles. The van der Waals surface area contributed by atoms with Crippen molar-refractivity contribution >= 4 is 23.4 Å². The number of non-ortho nitro benzene ring substituents is 1. The van der Waals surface area contributed by atoms with Crippen molar-refractivity contribution in [2.45, 2.75) is 38.1 Å². The van der Waals surface area contributed by atoms with E-state index in [0.717, 1.165) is 0 Å². The van der Waals surface area contributed by atoms with Crippen molar-refractivity contribution in [1.29, 1.82) is 0 Å². The van der Waals surface area contributed by atoms with E-state index in [9.17, 15) is 29.6 Å². The van der Waals surface area contributed by atoms with Gasteiger partial charge in [0, 0.05) is 24.5 Å². The smallest absolute Gasteiger partial charge is 0.317 e. The minimum Gasteiger partial charge on any atom is -0.461 e. The highest BCUT2D eigenvalue weighted by Gasteiger charge is 2.57. The Morgan fingerprint density at radius 1 is 0.921 bits per heavy atom. The van der Waals surface area contributed by atoms with Gasteiger partial charge in [0.1, 0.15) is 19.1 Å². The van der Waals surface area contributed by atoms with Crippen LogP contribution in [-0.2, 0) is 37.1 Å². The maximum atomic E-state index is 13.5. The number of nitrogens with zero attached hydrogens (tertiary/aromatic N) is 1. The second-order valence-electron chi connectivity index (χ2n) is 9.52. The Hall–Kier alpha value is -4.37. The van der Waals surface area contributed by atoms with Crippen molar-refractivity contribution in [3.8, 4) is 0 Å². The number of carbonyl (C=O) groups excluding carboxylic acids is 3. The third-order valence-electron chi connectivity index (χ3n) is 6.69. The Bertz CT molecular complexity index is 1320. The zero-order valence-electron chi connectivity index (χ0n) is 20.7. The van der Waals surface area contributed by atoms with Crippen LogP contribution in [0.5, 0.6) is 0 Å². The van der Waals surface area contributed by atoms with Gasteiger partial charge in [-0.25, -0.2) is 0 Å². The molecule has 1 aliphatic rings. The highest BCUT2D eigenvalue weighted by Crippen LogP contribution is 2.47. The summed E-state index contributed by atoms with van der Waals surface area (Å²) in [6.07, 6.45) is -0.491. The van der Waals surface area contributed by atoms with Crippen molar-refractivity contribution in [1.82, 2.24) is 0 Å². The van der Waals surface area contributed by atoms with E-state index in [0.29, 0.717) is 11.1 Å². The third-order valence-corrected chi connectivity index (χ3v) is 6.69. The van der Waals surface area contributed by atoms with Crippen molar-refractivity contribution in [2.24, 2.45) is 11.8 Å². The molecule has 0 radical (unpaired) electrons. The molecule has 9 heteroatoms. The fourth-order valence-corrected chi connectivity index (χ4v) is 4.90. The highest BCUT2D eigenvalue weighted by molar-refractivity contribution is 6.02. The van der Waals surface area contributed by atoms with E-state index in [1.54, 1.807) is 48.5 Å². The SMILES string of the molecule is C[C@]1(O)CC(=O)[C@H](C(=O)OCc2ccccc2)[C@H](c2cccc([N+](=O)[O-])c2)[C@H]1C(=O)OCc1ccccc1. The number of ether oxygens (including phenoxy) is 2. The lowest BCUT2D eigenvalue weighted by Crippen LogP contribution is -2.55. The topological polar surface area (TPSA) is 133 Å². The predicted octanol–water partition coefficient (Wildman–Crippen LogP) is 4.12. The molecule has 0 saturated heterocycles. The zero-order chi connectivity index (χ0) is 27.3. The number of hydrogen-bond acceptors (Lipinski definition) is 8. The van der Waals surface area contributed by atoms with E-state index in [2.05, 4.69) is 0 Å². The van der Waals surface area contributed by atoms with Gasteiger partial charge in [-0.3, -0.25) is 24.5 Å². The van der Waals surface area contributed by atoms with Gasteiger partial charge in [0.2, 0.25) is 0 Å². The number of rotatable bonds is 8. The average molecular weight is 518 g/mol. The maximum Gasteiger partial charge on any atom is 0.317 e. The van der Waals surface area contributed by atoms with Crippen LogP contribution in [0.4, 0.5) is 5.69 Å². The van der Waals surface area contributed by atoms with Crippen molar-refractivity contribution in [2.75, 3.05) is 0 Å². The van der Waals surface area contributed by atoms with Crippen LogP contribution < -0.4 is 0 Å². The van der Waals surface area contributed by atoms with Crippen molar-refractivity contribution in [3.63, 3.8) is 0 Å². The first kappa shape index (κ1) is 26.7. The summed E-state index contributed by atoms with van der Waals surface area (Å²) in [5, 5.41) is 22.8. The third kappa shape index (κ3) is 5.95. The van der Waals surface area contributed by atoms with Gasteiger partial charge in [-0.05, 0) is 23.6 Å². The largest absolute Gasteiger partial charge is 0.461 e. The van der Waals surface area contributed by atoms with Gasteiger partial charge in [0.15, 0.2) is 5.78 Å². The number of carbonyl (C=O) groups is 3. The number of esters is 2. The first-order chi connectivity index (χ1) is 18.2. The molecule has 38 heavy (non-hydrogen) atoms. The van der Waals surface area contributed by atoms with Crippen LogP contribution in [0.3, 0.4) is 0 Å². The van der Waals surface area contributed by atoms with Crippen LogP contribution in [-0.4, -0.2) is 33.4 Å². The van der Waals surface area contributed by atoms with Crippen LogP contribution in [0.1, 0.15) is 36.0 Å². The number of benzene rings is 3. The molecular formula is C29H27NO8. The average Bonchev–Trinajstić information content (AvgIpc) is 2.90. The normalized spacial score (nSPS) is 22.9. The van der Waals surface area contributed by atoms with Crippen LogP contribution in [0.2, 0.25) is 0 Å². The minimum atomic E-state index is -1.88. The molecule has 1 fully saturated rings. The lowest BCUT2D eigenvalue weighted by atomic mass is 9.61. The number of ketones is 1. The van der Waals surface area contributed by atoms with E-state index in [1.165, 1.54) is 31.2 Å². The fourth-order valence-electron chi connectivity index (χ4n) is 4.90. The second-order valence-corrected chi connectivity index (χ2v) is 9.52. The number of nitro benzene ring substituents is 1. The summed E-state index contributed by atoms with van der Waals surface area (Å²) >= 11 is 0. The Balaban J connectivity index is 1.71. The van der Waals surface area contributed by atoms with Crippen LogP contribution >= 0.6 is 0 Å². The molecule has 9 nitrogen and oxygen atoms in total. The molecule has 1 aliphatic carbocycles. The van der Waals surface area contributed by atoms with Gasteiger partial charge in [-0.15, -0.1) is 0 Å². The lowest BCUT2D eigenvalue weighted by molar-refractivity contribution is -0.385. The predicted molar refractivity (Wildman–Crippen MR) is 136 cm³/mol. The van der Waals surface area contributed by atoms with Crippen molar-refractivity contribution in [3.05, 3.63) is 112 Å². The summed E-state index contributed by atoms with van der Waals surface area (Å²) in [4.78, 5) is 50.9. The molecule has 0 heterocycles. The van der Waals surface area contributed by atoms with E-state index in [4.69, 9.17) is 9.47 Å². The highest BCUT2D eigenvalue weighted by atomic mass is 16.6. The van der Waals surface area contributed by atoms with Gasteiger partial charge in [0.25, 0.3) is 5.69 Å². The lowest BCUT2D eigenvalue weighted by Gasteiger charge is -2.43. The molecule has 4 atom stereocenters. The Labute approximate surface area is 219 Å². The molecule has 196 valence electrons. The second kappa shape index (κ2) is 11.4. The zero-order valence-corrected chi connectivity index (χ0v) is 20.7. The van der Waals surface area contributed by atoms with Crippen LogP contribution in [0.15, 0.2) is 84.9 Å². The van der Waals surface area contributed by atoms with E-state index in [-0.39, 0.29) is 24.5 Å². The summed E-state index contributed by atoms with van der Waals surface area (Å²) in [5.41, 5.74) is -0.583. The summed E-state index contributed by atoms with van der Waals surface area (Å²) < 4.78 is 11.0. The quantitative estimate of drug-likeness (QED) is 0.204. The summed E-state index contributed by atoms with van der Waals surface area (Å²) in [6.45, 7) is 1.13. The molecule has 0 spiro atoms. The van der Waals surface area contributed by atoms with Crippen LogP contribution in [0, 0.1) is 22.0 Å². The standard InChI is InChI=1S/C29H27NO8/c1-29(34)16-23(31)25(27(32)37-17-19-9-4-2-5-10-19)24(21-13-8-14-22(15-21)30(35)36)26(29)28(33)38-18-20-11-6-3-7-12-20/h2-15,24-26,34H,16-18H2,1H3/t24-,25-,26-,29-/m0/s1. The molecule has 0 amide bonds. The Kier molecular flexibility index (Phi) is 7.97. The van der Waals surface area contributed by atoms with Gasteiger partial charge in [-0.2, -0.15) is 0 Å². The molecule has 0 unspecified atom stereocenters. The summed E-state index contributed by atoms with van der Waals surface area (Å²) in [6, 6.07) is 23.1.